The molecule has 1 rings (SSSR count). The first-order valence-corrected chi connectivity index (χ1v) is 4.59. The summed E-state index contributed by atoms with van der Waals surface area (Å²) in [7, 11) is 0. The number of nitrogens with zero attached hydrogens (tertiary/aromatic N) is 1. The van der Waals surface area contributed by atoms with Gasteiger partial charge in [0.2, 0.25) is 0 Å². The summed E-state index contributed by atoms with van der Waals surface area (Å²) in [5.74, 6) is -0.922. The van der Waals surface area contributed by atoms with Crippen LogP contribution < -0.4 is 0 Å². The number of rotatable bonds is 2. The van der Waals surface area contributed by atoms with Crippen molar-refractivity contribution in [1.29, 1.82) is 0 Å². The average molecular weight is 219 g/mol. The molecule has 0 heterocycles. The maximum Gasteiger partial charge on any atom is 0.273 e. The maximum atomic E-state index is 13.0. The monoisotopic (exact) mass is 219 g/mol. The van der Waals surface area contributed by atoms with Crippen molar-refractivity contribution in [2.45, 2.75) is 11.8 Å². The van der Waals surface area contributed by atoms with Crippen LogP contribution in [0.5, 0.6) is 0 Å². The smallest absolute Gasteiger partial charge is 0.273 e. The molecule has 76 valence electrons. The van der Waals surface area contributed by atoms with Crippen molar-refractivity contribution in [3.8, 4) is 0 Å². The van der Waals surface area contributed by atoms with Crippen LogP contribution in [0.4, 0.5) is 10.1 Å². The van der Waals surface area contributed by atoms with Gasteiger partial charge < -0.3 is 4.55 Å². The molecule has 0 bridgehead atoms. The number of hydrogen-bond donors (Lipinski definition) is 1. The molecule has 1 aromatic rings. The SMILES string of the molecule is Cc1cc(F)c(S(=O)O)cc1[N+](=O)[O-]. The van der Waals surface area contributed by atoms with Gasteiger partial charge in [-0.1, -0.05) is 0 Å². The summed E-state index contributed by atoms with van der Waals surface area (Å²) in [4.78, 5) is 9.10. The lowest BCUT2D eigenvalue weighted by atomic mass is 10.2. The second kappa shape index (κ2) is 3.81. The molecule has 7 heteroatoms. The molecule has 5 nitrogen and oxygen atoms in total. The second-order valence-electron chi connectivity index (χ2n) is 2.58. The predicted molar refractivity (Wildman–Crippen MR) is 46.8 cm³/mol. The van der Waals surface area contributed by atoms with E-state index in [2.05, 4.69) is 0 Å². The van der Waals surface area contributed by atoms with Crippen LogP contribution >= 0.6 is 0 Å². The number of benzene rings is 1. The maximum absolute atomic E-state index is 13.0. The standard InChI is InChI=1S/C7H6FNO4S/c1-4-2-5(8)7(14(12)13)3-6(4)9(10)11/h2-3H,1H3,(H,12,13). The lowest BCUT2D eigenvalue weighted by molar-refractivity contribution is -0.385. The Morgan fingerprint density at radius 1 is 1.57 bits per heavy atom. The van der Waals surface area contributed by atoms with E-state index in [0.29, 0.717) is 0 Å². The average Bonchev–Trinajstić information content (AvgIpc) is 2.02. The first kappa shape index (κ1) is 10.7. The highest BCUT2D eigenvalue weighted by Crippen LogP contribution is 2.23. The molecule has 0 aliphatic rings. The molecule has 0 saturated carbocycles. The van der Waals surface area contributed by atoms with Crippen molar-refractivity contribution in [2.75, 3.05) is 0 Å². The van der Waals surface area contributed by atoms with Gasteiger partial charge in [0, 0.05) is 11.6 Å². The summed E-state index contributed by atoms with van der Waals surface area (Å²) >= 11 is -2.56. The third-order valence-corrected chi connectivity index (χ3v) is 2.32. The van der Waals surface area contributed by atoms with Gasteiger partial charge in [-0.3, -0.25) is 10.1 Å². The lowest BCUT2D eigenvalue weighted by Gasteiger charge is -2.00. The van der Waals surface area contributed by atoms with Gasteiger partial charge in [-0.25, -0.2) is 8.60 Å². The van der Waals surface area contributed by atoms with E-state index in [0.717, 1.165) is 12.1 Å². The highest BCUT2D eigenvalue weighted by Gasteiger charge is 2.18. The van der Waals surface area contributed by atoms with Crippen LogP contribution in [-0.4, -0.2) is 13.7 Å². The fourth-order valence-electron chi connectivity index (χ4n) is 0.973. The van der Waals surface area contributed by atoms with Crippen LogP contribution in [0.1, 0.15) is 5.56 Å². The Bertz CT molecular complexity index is 385. The Hall–Kier alpha value is -1.34. The predicted octanol–water partition coefficient (Wildman–Crippen LogP) is 1.62. The molecule has 1 unspecified atom stereocenters. The van der Waals surface area contributed by atoms with Gasteiger partial charge in [0.25, 0.3) is 5.69 Å². The summed E-state index contributed by atoms with van der Waals surface area (Å²) in [6.45, 7) is 1.35. The number of aryl methyl sites for hydroxylation is 1. The van der Waals surface area contributed by atoms with E-state index in [4.69, 9.17) is 4.55 Å². The highest BCUT2D eigenvalue weighted by molar-refractivity contribution is 7.79. The van der Waals surface area contributed by atoms with Crippen molar-refractivity contribution in [1.82, 2.24) is 0 Å². The van der Waals surface area contributed by atoms with Gasteiger partial charge in [-0.15, -0.1) is 0 Å². The van der Waals surface area contributed by atoms with Crippen molar-refractivity contribution in [3.05, 3.63) is 33.6 Å². The van der Waals surface area contributed by atoms with Crippen LogP contribution in [0.25, 0.3) is 0 Å². The quantitative estimate of drug-likeness (QED) is 0.465. The number of halogens is 1. The first-order chi connectivity index (χ1) is 6.43. The minimum absolute atomic E-state index is 0.113. The first-order valence-electron chi connectivity index (χ1n) is 3.49. The number of nitro benzene ring substituents is 1. The molecule has 0 radical (unpaired) electrons. The van der Waals surface area contributed by atoms with Crippen LogP contribution in [0.15, 0.2) is 17.0 Å². The normalized spacial score (nSPS) is 12.5. The zero-order valence-corrected chi connectivity index (χ0v) is 7.88. The van der Waals surface area contributed by atoms with Crippen LogP contribution in [-0.2, 0) is 11.1 Å². The number of hydrogen-bond acceptors (Lipinski definition) is 3. The topological polar surface area (TPSA) is 80.4 Å². The molecule has 0 aliphatic carbocycles. The van der Waals surface area contributed by atoms with Crippen molar-refractivity contribution >= 4 is 16.8 Å². The molecular weight excluding hydrogens is 213 g/mol. The van der Waals surface area contributed by atoms with Gasteiger partial charge in [0.15, 0.2) is 11.1 Å². The van der Waals surface area contributed by atoms with Gasteiger partial charge >= 0.3 is 0 Å². The van der Waals surface area contributed by atoms with Crippen molar-refractivity contribution in [2.24, 2.45) is 0 Å². The van der Waals surface area contributed by atoms with Crippen molar-refractivity contribution < 1.29 is 18.1 Å². The molecule has 0 aromatic heterocycles. The molecule has 0 spiro atoms. The van der Waals surface area contributed by atoms with Crippen LogP contribution in [0.3, 0.4) is 0 Å². The summed E-state index contributed by atoms with van der Waals surface area (Å²) in [6.07, 6.45) is 0. The van der Waals surface area contributed by atoms with Crippen LogP contribution in [0.2, 0.25) is 0 Å². The van der Waals surface area contributed by atoms with Gasteiger partial charge in [-0.05, 0) is 13.0 Å². The highest BCUT2D eigenvalue weighted by atomic mass is 32.2. The largest absolute Gasteiger partial charge is 0.302 e. The Labute approximate surface area is 81.0 Å². The molecule has 1 N–H and O–H groups in total. The minimum Gasteiger partial charge on any atom is -0.302 e. The number of nitro groups is 1. The van der Waals surface area contributed by atoms with E-state index in [1.165, 1.54) is 6.92 Å². The summed E-state index contributed by atoms with van der Waals surface area (Å²) in [6, 6.07) is 1.63. The molecule has 0 saturated heterocycles. The molecule has 14 heavy (non-hydrogen) atoms. The molecular formula is C7H6FNO4S. The second-order valence-corrected chi connectivity index (χ2v) is 3.51. The Kier molecular flexibility index (Phi) is 2.92. The third-order valence-electron chi connectivity index (χ3n) is 1.64. The molecule has 0 fully saturated rings. The molecule has 1 aromatic carbocycles. The fourth-order valence-corrected chi connectivity index (χ4v) is 1.41. The Balaban J connectivity index is 3.42. The van der Waals surface area contributed by atoms with E-state index in [1.54, 1.807) is 0 Å². The molecule has 1 atom stereocenters. The zero-order valence-electron chi connectivity index (χ0n) is 7.06. The van der Waals surface area contributed by atoms with Gasteiger partial charge in [0.05, 0.1) is 4.92 Å². The van der Waals surface area contributed by atoms with Crippen molar-refractivity contribution in [3.63, 3.8) is 0 Å². The summed E-state index contributed by atoms with van der Waals surface area (Å²) < 4.78 is 32.1. The van der Waals surface area contributed by atoms with Crippen LogP contribution in [0, 0.1) is 22.9 Å². The van der Waals surface area contributed by atoms with E-state index in [-0.39, 0.29) is 11.3 Å². The summed E-state index contributed by atoms with van der Waals surface area (Å²) in [5.41, 5.74) is -0.259. The zero-order chi connectivity index (χ0) is 10.9. The molecule has 0 aliphatic heterocycles. The fraction of sp³-hybridized carbons (Fsp3) is 0.143. The van der Waals surface area contributed by atoms with Gasteiger partial charge in [0.1, 0.15) is 10.7 Å². The van der Waals surface area contributed by atoms with Gasteiger partial charge in [-0.2, -0.15) is 0 Å². The lowest BCUT2D eigenvalue weighted by Crippen LogP contribution is -1.99. The van der Waals surface area contributed by atoms with E-state index >= 15 is 0 Å². The Morgan fingerprint density at radius 3 is 2.57 bits per heavy atom. The van der Waals surface area contributed by atoms with E-state index in [1.807, 2.05) is 0 Å². The summed E-state index contributed by atoms with van der Waals surface area (Å²) in [5, 5.41) is 10.4. The third kappa shape index (κ3) is 1.94. The molecule has 0 amide bonds. The van der Waals surface area contributed by atoms with E-state index < -0.39 is 26.7 Å². The minimum atomic E-state index is -2.56. The Morgan fingerprint density at radius 2 is 2.14 bits per heavy atom. The van der Waals surface area contributed by atoms with E-state index in [9.17, 15) is 18.7 Å².